The lowest BCUT2D eigenvalue weighted by Crippen LogP contribution is -2.12. The molecule has 3 aromatic rings. The molecule has 3 rings (SSSR count). The fraction of sp³-hybridized carbons (Fsp3) is 0. The zero-order valence-corrected chi connectivity index (χ0v) is 12.2. The number of H-pyrrole nitrogens is 1. The van der Waals surface area contributed by atoms with Crippen molar-refractivity contribution in [3.63, 3.8) is 0 Å². The number of nitrogen functional groups attached to an aromatic ring is 1. The van der Waals surface area contributed by atoms with Gasteiger partial charge < -0.3 is 11.1 Å². The molecule has 21 heavy (non-hydrogen) atoms. The molecule has 7 heteroatoms. The van der Waals surface area contributed by atoms with Crippen molar-refractivity contribution in [3.8, 4) is 0 Å². The molecule has 0 unspecified atom stereocenters. The highest BCUT2D eigenvalue weighted by Gasteiger charge is 2.13. The summed E-state index contributed by atoms with van der Waals surface area (Å²) in [4.78, 5) is 12.3. The number of carbonyl (C=O) groups excluding carboxylic acids is 1. The third-order valence-corrected chi connectivity index (χ3v) is 3.69. The third kappa shape index (κ3) is 2.53. The average Bonchev–Trinajstić information content (AvgIpc) is 2.84. The molecular weight excluding hydrogens is 311 g/mol. The number of para-hydroxylation sites is 1. The van der Waals surface area contributed by atoms with E-state index < -0.39 is 0 Å². The Morgan fingerprint density at radius 2 is 1.90 bits per heavy atom. The van der Waals surface area contributed by atoms with Crippen molar-refractivity contribution in [2.45, 2.75) is 0 Å². The van der Waals surface area contributed by atoms with Gasteiger partial charge in [-0.2, -0.15) is 5.10 Å². The zero-order chi connectivity index (χ0) is 15.0. The molecule has 0 spiro atoms. The number of fused-ring (bicyclic) bond motifs is 1. The number of nitrogens with two attached hydrogens (primary N) is 1. The van der Waals surface area contributed by atoms with Gasteiger partial charge in [-0.1, -0.05) is 29.3 Å². The molecule has 0 saturated heterocycles. The van der Waals surface area contributed by atoms with Gasteiger partial charge in [0.15, 0.2) is 5.82 Å². The summed E-state index contributed by atoms with van der Waals surface area (Å²) in [7, 11) is 0. The number of hydrogen-bond donors (Lipinski definition) is 3. The SMILES string of the molecule is Nc1n[nH]c2ccc(C(=O)Nc3c(Cl)cccc3Cl)cc12. The Morgan fingerprint density at radius 3 is 2.62 bits per heavy atom. The second-order valence-corrected chi connectivity index (χ2v) is 5.23. The normalized spacial score (nSPS) is 10.8. The minimum Gasteiger partial charge on any atom is -0.382 e. The summed E-state index contributed by atoms with van der Waals surface area (Å²) >= 11 is 12.1. The predicted octanol–water partition coefficient (Wildman–Crippen LogP) is 3.70. The predicted molar refractivity (Wildman–Crippen MR) is 84.9 cm³/mol. The smallest absolute Gasteiger partial charge is 0.255 e. The number of hydrogen-bond acceptors (Lipinski definition) is 3. The Bertz CT molecular complexity index is 824. The number of anilines is 2. The van der Waals surface area contributed by atoms with E-state index in [2.05, 4.69) is 15.5 Å². The van der Waals surface area contributed by atoms with E-state index in [4.69, 9.17) is 28.9 Å². The van der Waals surface area contributed by atoms with E-state index in [1.165, 1.54) is 0 Å². The molecule has 106 valence electrons. The number of nitrogens with zero attached hydrogens (tertiary/aromatic N) is 1. The Kier molecular flexibility index (Phi) is 3.45. The second-order valence-electron chi connectivity index (χ2n) is 4.42. The maximum Gasteiger partial charge on any atom is 0.255 e. The standard InChI is InChI=1S/C14H10Cl2N4O/c15-9-2-1-3-10(16)12(9)18-14(21)7-4-5-11-8(6-7)13(17)20-19-11/h1-6H,(H,18,21)(H3,17,19,20). The number of halogens is 2. The van der Waals surface area contributed by atoms with E-state index >= 15 is 0 Å². The highest BCUT2D eigenvalue weighted by atomic mass is 35.5. The number of aromatic nitrogens is 2. The Hall–Kier alpha value is -2.24. The largest absolute Gasteiger partial charge is 0.382 e. The van der Waals surface area contributed by atoms with Crippen LogP contribution in [-0.2, 0) is 0 Å². The van der Waals surface area contributed by atoms with Gasteiger partial charge in [-0.15, -0.1) is 0 Å². The van der Waals surface area contributed by atoms with Gasteiger partial charge in [0.25, 0.3) is 5.91 Å². The molecule has 0 saturated carbocycles. The zero-order valence-electron chi connectivity index (χ0n) is 10.7. The molecule has 0 radical (unpaired) electrons. The van der Waals surface area contributed by atoms with E-state index in [1.54, 1.807) is 36.4 Å². The molecule has 5 nitrogen and oxygen atoms in total. The summed E-state index contributed by atoms with van der Waals surface area (Å²) in [5.74, 6) is 0.0166. The highest BCUT2D eigenvalue weighted by molar-refractivity contribution is 6.40. The van der Waals surface area contributed by atoms with Gasteiger partial charge in [0.1, 0.15) is 0 Å². The topological polar surface area (TPSA) is 83.8 Å². The van der Waals surface area contributed by atoms with Crippen molar-refractivity contribution in [3.05, 3.63) is 52.0 Å². The quantitative estimate of drug-likeness (QED) is 0.673. The van der Waals surface area contributed by atoms with Crippen molar-refractivity contribution in [2.75, 3.05) is 11.1 Å². The maximum absolute atomic E-state index is 12.3. The van der Waals surface area contributed by atoms with Crippen molar-refractivity contribution in [1.82, 2.24) is 10.2 Å². The summed E-state index contributed by atoms with van der Waals surface area (Å²) in [6, 6.07) is 10.1. The summed E-state index contributed by atoms with van der Waals surface area (Å²) in [6.45, 7) is 0. The number of nitrogens with one attached hydrogen (secondary N) is 2. The first-order valence-corrected chi connectivity index (χ1v) is 6.81. The van der Waals surface area contributed by atoms with Crippen LogP contribution in [0, 0.1) is 0 Å². The van der Waals surface area contributed by atoms with E-state index in [0.29, 0.717) is 32.5 Å². The van der Waals surface area contributed by atoms with Crippen LogP contribution in [0.25, 0.3) is 10.9 Å². The molecule has 0 aliphatic heterocycles. The van der Waals surface area contributed by atoms with Gasteiger partial charge in [-0.05, 0) is 30.3 Å². The van der Waals surface area contributed by atoms with E-state index in [-0.39, 0.29) is 5.91 Å². The van der Waals surface area contributed by atoms with Gasteiger partial charge in [0.2, 0.25) is 0 Å². The first-order chi connectivity index (χ1) is 10.1. The first kappa shape index (κ1) is 13.7. The van der Waals surface area contributed by atoms with Crippen LogP contribution >= 0.6 is 23.2 Å². The maximum atomic E-state index is 12.3. The van der Waals surface area contributed by atoms with Crippen molar-refractivity contribution in [2.24, 2.45) is 0 Å². The summed E-state index contributed by atoms with van der Waals surface area (Å²) in [5, 5.41) is 10.8. The second kappa shape index (κ2) is 5.27. The molecular formula is C14H10Cl2N4O. The van der Waals surface area contributed by atoms with Crippen LogP contribution in [0.5, 0.6) is 0 Å². The van der Waals surface area contributed by atoms with Crippen LogP contribution in [-0.4, -0.2) is 16.1 Å². The van der Waals surface area contributed by atoms with Crippen LogP contribution in [0.1, 0.15) is 10.4 Å². The molecule has 0 fully saturated rings. The van der Waals surface area contributed by atoms with E-state index in [9.17, 15) is 4.79 Å². The molecule has 0 aliphatic carbocycles. The van der Waals surface area contributed by atoms with E-state index in [1.807, 2.05) is 0 Å². The molecule has 2 aromatic carbocycles. The summed E-state index contributed by atoms with van der Waals surface area (Å²) in [5.41, 5.74) is 7.31. The summed E-state index contributed by atoms with van der Waals surface area (Å²) in [6.07, 6.45) is 0. The Labute approximate surface area is 130 Å². The fourth-order valence-electron chi connectivity index (χ4n) is 1.98. The van der Waals surface area contributed by atoms with Gasteiger partial charge in [-0.25, -0.2) is 0 Å². The first-order valence-electron chi connectivity index (χ1n) is 6.05. The van der Waals surface area contributed by atoms with Crippen molar-refractivity contribution < 1.29 is 4.79 Å². The molecule has 1 aromatic heterocycles. The van der Waals surface area contributed by atoms with Gasteiger partial charge in [0.05, 0.1) is 21.2 Å². The molecule has 0 atom stereocenters. The van der Waals surface area contributed by atoms with E-state index in [0.717, 1.165) is 5.52 Å². The van der Waals surface area contributed by atoms with Crippen LogP contribution < -0.4 is 11.1 Å². The lowest BCUT2D eigenvalue weighted by Gasteiger charge is -2.09. The number of amides is 1. The van der Waals surface area contributed by atoms with Crippen molar-refractivity contribution in [1.29, 1.82) is 0 Å². The Morgan fingerprint density at radius 1 is 1.19 bits per heavy atom. The summed E-state index contributed by atoms with van der Waals surface area (Å²) < 4.78 is 0. The van der Waals surface area contributed by atoms with Crippen LogP contribution in [0.15, 0.2) is 36.4 Å². The molecule has 1 heterocycles. The highest BCUT2D eigenvalue weighted by Crippen LogP contribution is 2.30. The third-order valence-electron chi connectivity index (χ3n) is 3.06. The Balaban J connectivity index is 1.95. The van der Waals surface area contributed by atoms with Gasteiger partial charge in [0, 0.05) is 10.9 Å². The monoisotopic (exact) mass is 320 g/mol. The number of aromatic amines is 1. The van der Waals surface area contributed by atoms with Crippen LogP contribution in [0.3, 0.4) is 0 Å². The number of rotatable bonds is 2. The molecule has 4 N–H and O–H groups in total. The lowest BCUT2D eigenvalue weighted by molar-refractivity contribution is 0.102. The fourth-order valence-corrected chi connectivity index (χ4v) is 2.47. The van der Waals surface area contributed by atoms with Gasteiger partial charge in [-0.3, -0.25) is 9.89 Å². The van der Waals surface area contributed by atoms with Crippen LogP contribution in [0.4, 0.5) is 11.5 Å². The molecule has 0 aliphatic rings. The minimum absolute atomic E-state index is 0.326. The number of benzene rings is 2. The van der Waals surface area contributed by atoms with Crippen molar-refractivity contribution >= 4 is 51.5 Å². The lowest BCUT2D eigenvalue weighted by atomic mass is 10.1. The number of carbonyl (C=O) groups is 1. The minimum atomic E-state index is -0.326. The van der Waals surface area contributed by atoms with Gasteiger partial charge >= 0.3 is 0 Å². The average molecular weight is 321 g/mol. The molecule has 0 bridgehead atoms. The molecule has 1 amide bonds. The van der Waals surface area contributed by atoms with Crippen LogP contribution in [0.2, 0.25) is 10.0 Å².